The molecule has 2 aliphatic heterocycles. The highest BCUT2D eigenvalue weighted by atomic mass is 19.1. The topological polar surface area (TPSA) is 63.5 Å². The summed E-state index contributed by atoms with van der Waals surface area (Å²) in [6.45, 7) is 4.01. The van der Waals surface area contributed by atoms with Crippen LogP contribution >= 0.6 is 0 Å². The number of pyridine rings is 1. The summed E-state index contributed by atoms with van der Waals surface area (Å²) >= 11 is 0. The minimum atomic E-state index is -1.09. The Hall–Kier alpha value is -2.72. The molecule has 0 spiro atoms. The van der Waals surface area contributed by atoms with Gasteiger partial charge in [0.15, 0.2) is 0 Å². The first-order valence-corrected chi connectivity index (χ1v) is 10.6. The largest absolute Gasteiger partial charge is 0.370 e. The van der Waals surface area contributed by atoms with Gasteiger partial charge < -0.3 is 9.80 Å². The minimum absolute atomic E-state index is 0.0463. The lowest BCUT2D eigenvalue weighted by molar-refractivity contribution is -0.132. The Bertz CT molecular complexity index is 966. The molecule has 1 amide bonds. The van der Waals surface area contributed by atoms with Gasteiger partial charge in [0.1, 0.15) is 12.2 Å². The first-order chi connectivity index (χ1) is 14.4. The standard InChI is InChI=1S/C23H28FN5O/c1-16-3-4-22-17(9-16)10-21(13-26-22)27(2)19-5-7-28(8-6-19)15-23(30)29-14-18(24)11-20(29)12-25/h3-4,9-10,13,18-20H,5-8,11,14-15H2,1-2H3/t18-,20-/m0/s1. The predicted octanol–water partition coefficient (Wildman–Crippen LogP) is 2.91. The van der Waals surface area contributed by atoms with Crippen molar-refractivity contribution in [3.63, 3.8) is 0 Å². The highest BCUT2D eigenvalue weighted by Gasteiger charge is 2.36. The maximum absolute atomic E-state index is 13.6. The number of nitriles is 1. The van der Waals surface area contributed by atoms with Crippen molar-refractivity contribution < 1.29 is 9.18 Å². The molecule has 3 heterocycles. The van der Waals surface area contributed by atoms with Crippen molar-refractivity contribution in [2.75, 3.05) is 38.1 Å². The van der Waals surface area contributed by atoms with E-state index in [-0.39, 0.29) is 25.4 Å². The number of fused-ring (bicyclic) bond motifs is 1. The van der Waals surface area contributed by atoms with Gasteiger partial charge in [0, 0.05) is 38.0 Å². The van der Waals surface area contributed by atoms with E-state index in [1.54, 1.807) is 0 Å². The van der Waals surface area contributed by atoms with Crippen LogP contribution in [0.2, 0.25) is 0 Å². The number of nitrogens with zero attached hydrogens (tertiary/aromatic N) is 5. The van der Waals surface area contributed by atoms with E-state index in [0.29, 0.717) is 6.04 Å². The van der Waals surface area contributed by atoms with E-state index in [1.807, 2.05) is 12.3 Å². The lowest BCUT2D eigenvalue weighted by Crippen LogP contribution is -2.48. The summed E-state index contributed by atoms with van der Waals surface area (Å²) in [4.78, 5) is 23.0. The van der Waals surface area contributed by atoms with Crippen LogP contribution in [-0.4, -0.2) is 72.2 Å². The highest BCUT2D eigenvalue weighted by Crippen LogP contribution is 2.26. The first-order valence-electron chi connectivity index (χ1n) is 10.6. The first kappa shape index (κ1) is 20.5. The molecule has 0 bridgehead atoms. The minimum Gasteiger partial charge on any atom is -0.370 e. The molecule has 0 aliphatic carbocycles. The van der Waals surface area contributed by atoms with E-state index in [4.69, 9.17) is 5.26 Å². The number of aryl methyl sites for hydroxylation is 1. The van der Waals surface area contributed by atoms with E-state index in [2.05, 4.69) is 53.0 Å². The molecular weight excluding hydrogens is 381 g/mol. The van der Waals surface area contributed by atoms with Crippen LogP contribution in [0.3, 0.4) is 0 Å². The molecule has 6 nitrogen and oxygen atoms in total. The summed E-state index contributed by atoms with van der Waals surface area (Å²) in [6.07, 6.45) is 2.87. The van der Waals surface area contributed by atoms with Gasteiger partial charge in [-0.2, -0.15) is 5.26 Å². The van der Waals surface area contributed by atoms with Gasteiger partial charge in [0.2, 0.25) is 5.91 Å². The molecule has 2 aromatic rings. The number of likely N-dealkylation sites (tertiary alicyclic amines) is 2. The average Bonchev–Trinajstić information content (AvgIpc) is 3.14. The molecule has 1 aromatic heterocycles. The molecule has 30 heavy (non-hydrogen) atoms. The van der Waals surface area contributed by atoms with Crippen LogP contribution in [0.25, 0.3) is 10.9 Å². The van der Waals surface area contributed by atoms with Crippen molar-refractivity contribution in [3.8, 4) is 6.07 Å². The molecule has 2 saturated heterocycles. The number of carbonyl (C=O) groups excluding carboxylic acids is 1. The lowest BCUT2D eigenvalue weighted by Gasteiger charge is -2.38. The van der Waals surface area contributed by atoms with E-state index in [0.717, 1.165) is 42.5 Å². The van der Waals surface area contributed by atoms with Crippen molar-refractivity contribution in [1.29, 1.82) is 5.26 Å². The summed E-state index contributed by atoms with van der Waals surface area (Å²) in [5.74, 6) is -0.136. The van der Waals surface area contributed by atoms with Crippen molar-refractivity contribution >= 4 is 22.5 Å². The third-order valence-electron chi connectivity index (χ3n) is 6.41. The number of hydrogen-bond acceptors (Lipinski definition) is 5. The Morgan fingerprint density at radius 1 is 1.33 bits per heavy atom. The Morgan fingerprint density at radius 3 is 2.83 bits per heavy atom. The Kier molecular flexibility index (Phi) is 5.87. The number of rotatable bonds is 4. The summed E-state index contributed by atoms with van der Waals surface area (Å²) in [7, 11) is 2.10. The highest BCUT2D eigenvalue weighted by molar-refractivity contribution is 5.82. The zero-order valence-corrected chi connectivity index (χ0v) is 17.6. The van der Waals surface area contributed by atoms with Crippen LogP contribution in [0.15, 0.2) is 30.5 Å². The number of piperidine rings is 1. The summed E-state index contributed by atoms with van der Waals surface area (Å²) < 4.78 is 13.6. The van der Waals surface area contributed by atoms with Crippen LogP contribution in [0.5, 0.6) is 0 Å². The SMILES string of the molecule is Cc1ccc2ncc(N(C)C3CCN(CC(=O)N4C[C@@H](F)C[C@H]4C#N)CC3)cc2c1. The number of aromatic nitrogens is 1. The van der Waals surface area contributed by atoms with Gasteiger partial charge in [-0.15, -0.1) is 0 Å². The van der Waals surface area contributed by atoms with Gasteiger partial charge in [-0.25, -0.2) is 4.39 Å². The lowest BCUT2D eigenvalue weighted by atomic mass is 10.0. The van der Waals surface area contributed by atoms with E-state index >= 15 is 0 Å². The number of halogens is 1. The zero-order valence-electron chi connectivity index (χ0n) is 17.6. The summed E-state index contributed by atoms with van der Waals surface area (Å²) in [6, 6.07) is 10.3. The van der Waals surface area contributed by atoms with Crippen molar-refractivity contribution in [2.24, 2.45) is 0 Å². The number of hydrogen-bond donors (Lipinski definition) is 0. The average molecular weight is 410 g/mol. The number of carbonyl (C=O) groups is 1. The Balaban J connectivity index is 1.34. The maximum Gasteiger partial charge on any atom is 0.237 e. The fourth-order valence-corrected chi connectivity index (χ4v) is 4.57. The van der Waals surface area contributed by atoms with E-state index in [1.165, 1.54) is 10.5 Å². The number of anilines is 1. The number of alkyl halides is 1. The van der Waals surface area contributed by atoms with Gasteiger partial charge in [0.05, 0.1) is 36.6 Å². The second kappa shape index (κ2) is 8.57. The molecule has 0 unspecified atom stereocenters. The maximum atomic E-state index is 13.6. The molecule has 158 valence electrons. The monoisotopic (exact) mass is 409 g/mol. The van der Waals surface area contributed by atoms with Crippen molar-refractivity contribution in [1.82, 2.24) is 14.8 Å². The third kappa shape index (κ3) is 4.24. The molecule has 2 atom stereocenters. The smallest absolute Gasteiger partial charge is 0.237 e. The van der Waals surface area contributed by atoms with Crippen molar-refractivity contribution in [3.05, 3.63) is 36.0 Å². The van der Waals surface area contributed by atoms with Crippen LogP contribution in [0, 0.1) is 18.3 Å². The number of amides is 1. The van der Waals surface area contributed by atoms with Gasteiger partial charge in [-0.05, 0) is 38.0 Å². The fraction of sp³-hybridized carbons (Fsp3) is 0.522. The molecule has 0 N–H and O–H groups in total. The molecule has 7 heteroatoms. The van der Waals surface area contributed by atoms with Crippen LogP contribution < -0.4 is 4.90 Å². The second-order valence-corrected chi connectivity index (χ2v) is 8.53. The Morgan fingerprint density at radius 2 is 2.10 bits per heavy atom. The third-order valence-corrected chi connectivity index (χ3v) is 6.41. The predicted molar refractivity (Wildman–Crippen MR) is 115 cm³/mol. The van der Waals surface area contributed by atoms with E-state index in [9.17, 15) is 9.18 Å². The van der Waals surface area contributed by atoms with Crippen LogP contribution in [0.4, 0.5) is 10.1 Å². The van der Waals surface area contributed by atoms with Crippen LogP contribution in [-0.2, 0) is 4.79 Å². The van der Waals surface area contributed by atoms with Gasteiger partial charge in [-0.3, -0.25) is 14.7 Å². The molecule has 4 rings (SSSR count). The fourth-order valence-electron chi connectivity index (χ4n) is 4.57. The molecular formula is C23H28FN5O. The molecule has 2 aliphatic rings. The zero-order chi connectivity index (χ0) is 21.3. The van der Waals surface area contributed by atoms with Crippen LogP contribution in [0.1, 0.15) is 24.8 Å². The van der Waals surface area contributed by atoms with Gasteiger partial charge in [-0.1, -0.05) is 11.6 Å². The van der Waals surface area contributed by atoms with E-state index < -0.39 is 12.2 Å². The summed E-state index contributed by atoms with van der Waals surface area (Å²) in [5.41, 5.74) is 3.32. The Labute approximate surface area is 176 Å². The quantitative estimate of drug-likeness (QED) is 0.777. The van der Waals surface area contributed by atoms with Gasteiger partial charge in [0.25, 0.3) is 0 Å². The molecule has 0 saturated carbocycles. The second-order valence-electron chi connectivity index (χ2n) is 8.53. The molecule has 0 radical (unpaired) electrons. The molecule has 2 fully saturated rings. The summed E-state index contributed by atoms with van der Waals surface area (Å²) in [5, 5.41) is 10.3. The van der Waals surface area contributed by atoms with Gasteiger partial charge >= 0.3 is 0 Å². The normalized spacial score (nSPS) is 22.9. The number of benzene rings is 1. The molecule has 1 aromatic carbocycles. The van der Waals surface area contributed by atoms with Crippen molar-refractivity contribution in [2.45, 2.75) is 44.4 Å².